The molecule has 3 heteroatoms. The Balaban J connectivity index is 2.86. The van der Waals surface area contributed by atoms with Crippen LogP contribution in [0.4, 0.5) is 4.39 Å². The van der Waals surface area contributed by atoms with Crippen LogP contribution >= 0.6 is 0 Å². The van der Waals surface area contributed by atoms with E-state index in [2.05, 4.69) is 12.0 Å². The topological polar surface area (TPSA) is 38.0 Å². The van der Waals surface area contributed by atoms with Crippen LogP contribution < -0.4 is 11.3 Å². The first kappa shape index (κ1) is 11.9. The Morgan fingerprint density at radius 1 is 1.60 bits per heavy atom. The molecule has 3 N–H and O–H groups in total. The van der Waals surface area contributed by atoms with E-state index in [1.165, 1.54) is 12.1 Å². The van der Waals surface area contributed by atoms with E-state index >= 15 is 0 Å². The number of nitrogens with one attached hydrogen (secondary N) is 1. The SMILES string of the molecule is C=CCCC(NN)c1ccc(F)cc1C. The lowest BCUT2D eigenvalue weighted by Crippen LogP contribution is -2.28. The van der Waals surface area contributed by atoms with Gasteiger partial charge in [-0.1, -0.05) is 12.1 Å². The van der Waals surface area contributed by atoms with Crippen LogP contribution in [-0.2, 0) is 0 Å². The molecule has 0 aliphatic heterocycles. The van der Waals surface area contributed by atoms with E-state index in [9.17, 15) is 4.39 Å². The number of allylic oxidation sites excluding steroid dienone is 1. The van der Waals surface area contributed by atoms with Crippen molar-refractivity contribution in [3.8, 4) is 0 Å². The van der Waals surface area contributed by atoms with Gasteiger partial charge in [-0.2, -0.15) is 0 Å². The zero-order chi connectivity index (χ0) is 11.3. The maximum atomic E-state index is 12.9. The summed E-state index contributed by atoms with van der Waals surface area (Å²) in [6.45, 7) is 5.55. The van der Waals surface area contributed by atoms with Gasteiger partial charge in [0, 0.05) is 6.04 Å². The average molecular weight is 208 g/mol. The summed E-state index contributed by atoms with van der Waals surface area (Å²) in [6.07, 6.45) is 3.60. The Bertz CT molecular complexity index is 336. The zero-order valence-corrected chi connectivity index (χ0v) is 8.96. The standard InChI is InChI=1S/C12H17FN2/c1-3-4-5-12(15-14)11-7-6-10(13)8-9(11)2/h3,6-8,12,15H,1,4-5,14H2,2H3. The fourth-order valence-electron chi connectivity index (χ4n) is 1.64. The maximum absolute atomic E-state index is 12.9. The molecule has 0 aromatic heterocycles. The Morgan fingerprint density at radius 3 is 2.87 bits per heavy atom. The molecular weight excluding hydrogens is 191 g/mol. The monoisotopic (exact) mass is 208 g/mol. The number of aryl methyl sites for hydroxylation is 1. The van der Waals surface area contributed by atoms with Gasteiger partial charge in [-0.25, -0.2) is 4.39 Å². The molecule has 0 bridgehead atoms. The molecule has 0 amide bonds. The number of hydrogen-bond acceptors (Lipinski definition) is 2. The summed E-state index contributed by atoms with van der Waals surface area (Å²) in [5, 5.41) is 0. The van der Waals surface area contributed by atoms with E-state index in [-0.39, 0.29) is 11.9 Å². The predicted molar refractivity (Wildman–Crippen MR) is 60.6 cm³/mol. The first-order valence-corrected chi connectivity index (χ1v) is 5.02. The van der Waals surface area contributed by atoms with Crippen LogP contribution in [-0.4, -0.2) is 0 Å². The molecule has 2 nitrogen and oxygen atoms in total. The molecule has 1 unspecified atom stereocenters. The third-order valence-electron chi connectivity index (χ3n) is 2.47. The largest absolute Gasteiger partial charge is 0.271 e. The molecule has 1 aromatic carbocycles. The summed E-state index contributed by atoms with van der Waals surface area (Å²) in [4.78, 5) is 0. The van der Waals surface area contributed by atoms with E-state index in [0.29, 0.717) is 0 Å². The summed E-state index contributed by atoms with van der Waals surface area (Å²) in [5.74, 6) is 5.26. The van der Waals surface area contributed by atoms with Crippen LogP contribution in [0.1, 0.15) is 30.0 Å². The smallest absolute Gasteiger partial charge is 0.123 e. The number of hydrazine groups is 1. The predicted octanol–water partition coefficient (Wildman–Crippen LogP) is 2.60. The Hall–Kier alpha value is -1.19. The molecule has 0 spiro atoms. The normalized spacial score (nSPS) is 12.5. The highest BCUT2D eigenvalue weighted by molar-refractivity contribution is 5.29. The molecule has 0 aliphatic rings. The molecule has 0 radical (unpaired) electrons. The molecule has 1 aromatic rings. The number of halogens is 1. The minimum atomic E-state index is -0.212. The highest BCUT2D eigenvalue weighted by Gasteiger charge is 2.11. The third kappa shape index (κ3) is 3.15. The quantitative estimate of drug-likeness (QED) is 0.443. The Kier molecular flexibility index (Phi) is 4.46. The van der Waals surface area contributed by atoms with E-state index in [4.69, 9.17) is 5.84 Å². The van der Waals surface area contributed by atoms with Gasteiger partial charge in [-0.15, -0.1) is 6.58 Å². The summed E-state index contributed by atoms with van der Waals surface area (Å²) < 4.78 is 12.9. The first-order valence-electron chi connectivity index (χ1n) is 5.02. The van der Waals surface area contributed by atoms with Crippen molar-refractivity contribution in [1.82, 2.24) is 5.43 Å². The van der Waals surface area contributed by atoms with Crippen molar-refractivity contribution in [2.45, 2.75) is 25.8 Å². The van der Waals surface area contributed by atoms with Crippen molar-refractivity contribution in [1.29, 1.82) is 0 Å². The van der Waals surface area contributed by atoms with E-state index < -0.39 is 0 Å². The van der Waals surface area contributed by atoms with Gasteiger partial charge in [-0.05, 0) is 43.0 Å². The lowest BCUT2D eigenvalue weighted by molar-refractivity contribution is 0.516. The van der Waals surface area contributed by atoms with E-state index in [1.54, 1.807) is 6.07 Å². The second-order valence-corrected chi connectivity index (χ2v) is 3.59. The van der Waals surface area contributed by atoms with E-state index in [0.717, 1.165) is 24.0 Å². The minimum Gasteiger partial charge on any atom is -0.271 e. The van der Waals surface area contributed by atoms with Gasteiger partial charge in [0.25, 0.3) is 0 Å². The summed E-state index contributed by atoms with van der Waals surface area (Å²) in [6, 6.07) is 4.82. The summed E-state index contributed by atoms with van der Waals surface area (Å²) in [7, 11) is 0. The molecule has 0 fully saturated rings. The van der Waals surface area contributed by atoms with Crippen LogP contribution in [0.3, 0.4) is 0 Å². The molecule has 0 saturated heterocycles. The van der Waals surface area contributed by atoms with Gasteiger partial charge in [0.2, 0.25) is 0 Å². The van der Waals surface area contributed by atoms with Crippen LogP contribution in [0.25, 0.3) is 0 Å². The molecule has 1 atom stereocenters. The second kappa shape index (κ2) is 5.63. The maximum Gasteiger partial charge on any atom is 0.123 e. The van der Waals surface area contributed by atoms with Gasteiger partial charge in [-0.3, -0.25) is 11.3 Å². The Labute approximate surface area is 90.0 Å². The number of rotatable bonds is 5. The fourth-order valence-corrected chi connectivity index (χ4v) is 1.64. The molecule has 0 saturated carbocycles. The molecule has 82 valence electrons. The van der Waals surface area contributed by atoms with Crippen molar-refractivity contribution in [2.75, 3.05) is 0 Å². The molecule has 0 aliphatic carbocycles. The third-order valence-corrected chi connectivity index (χ3v) is 2.47. The van der Waals surface area contributed by atoms with Crippen molar-refractivity contribution in [3.63, 3.8) is 0 Å². The minimum absolute atomic E-state index is 0.0589. The van der Waals surface area contributed by atoms with Crippen LogP contribution in [0.2, 0.25) is 0 Å². The van der Waals surface area contributed by atoms with Gasteiger partial charge >= 0.3 is 0 Å². The molecule has 15 heavy (non-hydrogen) atoms. The van der Waals surface area contributed by atoms with Crippen LogP contribution in [0.15, 0.2) is 30.9 Å². The van der Waals surface area contributed by atoms with Crippen molar-refractivity contribution < 1.29 is 4.39 Å². The van der Waals surface area contributed by atoms with Gasteiger partial charge < -0.3 is 0 Å². The van der Waals surface area contributed by atoms with Crippen molar-refractivity contribution in [3.05, 3.63) is 47.8 Å². The lowest BCUT2D eigenvalue weighted by Gasteiger charge is -2.17. The van der Waals surface area contributed by atoms with Gasteiger partial charge in [0.05, 0.1) is 0 Å². The van der Waals surface area contributed by atoms with Gasteiger partial charge in [0.15, 0.2) is 0 Å². The summed E-state index contributed by atoms with van der Waals surface area (Å²) >= 11 is 0. The lowest BCUT2D eigenvalue weighted by atomic mass is 9.98. The van der Waals surface area contributed by atoms with Crippen LogP contribution in [0.5, 0.6) is 0 Å². The number of benzene rings is 1. The zero-order valence-electron chi connectivity index (χ0n) is 8.96. The van der Waals surface area contributed by atoms with Crippen molar-refractivity contribution >= 4 is 0 Å². The number of hydrogen-bond donors (Lipinski definition) is 2. The molecule has 1 rings (SSSR count). The van der Waals surface area contributed by atoms with Crippen LogP contribution in [0, 0.1) is 12.7 Å². The molecule has 0 heterocycles. The van der Waals surface area contributed by atoms with Crippen molar-refractivity contribution in [2.24, 2.45) is 5.84 Å². The fraction of sp³-hybridized carbons (Fsp3) is 0.333. The van der Waals surface area contributed by atoms with E-state index in [1.807, 2.05) is 13.0 Å². The first-order chi connectivity index (χ1) is 7.19. The van der Waals surface area contributed by atoms with Gasteiger partial charge in [0.1, 0.15) is 5.82 Å². The highest BCUT2D eigenvalue weighted by Crippen LogP contribution is 2.22. The average Bonchev–Trinajstić information content (AvgIpc) is 2.21. The Morgan fingerprint density at radius 2 is 2.33 bits per heavy atom. The number of nitrogens with two attached hydrogens (primary N) is 1. The second-order valence-electron chi connectivity index (χ2n) is 3.59. The highest BCUT2D eigenvalue weighted by atomic mass is 19.1. The molecular formula is C12H17FN2. The summed E-state index contributed by atoms with van der Waals surface area (Å²) in [5.41, 5.74) is 4.70.